The Morgan fingerprint density at radius 2 is 1.89 bits per heavy atom. The van der Waals surface area contributed by atoms with Gasteiger partial charge in [0.05, 0.1) is 6.61 Å². The van der Waals surface area contributed by atoms with E-state index in [-0.39, 0.29) is 6.61 Å². The summed E-state index contributed by atoms with van der Waals surface area (Å²) in [6.07, 6.45) is -4.39. The van der Waals surface area contributed by atoms with E-state index in [1.165, 1.54) is 0 Å². The quantitative estimate of drug-likeness (QED) is 0.849. The van der Waals surface area contributed by atoms with E-state index in [1.54, 1.807) is 32.0 Å². The summed E-state index contributed by atoms with van der Waals surface area (Å²) in [6, 6.07) is 6.13. The first kappa shape index (κ1) is 13.0. The third-order valence-corrected chi connectivity index (χ3v) is 3.09. The summed E-state index contributed by atoms with van der Waals surface area (Å²) in [5.74, 6) is 0. The Bertz CT molecular complexity index is 569. The average molecular weight is 257 g/mol. The molecule has 0 fully saturated rings. The fourth-order valence-corrected chi connectivity index (χ4v) is 1.98. The van der Waals surface area contributed by atoms with Crippen molar-refractivity contribution in [2.75, 3.05) is 6.61 Å². The van der Waals surface area contributed by atoms with Crippen molar-refractivity contribution in [1.29, 1.82) is 0 Å². The Hall–Kier alpha value is -1.49. The molecule has 5 heteroatoms. The highest BCUT2D eigenvalue weighted by molar-refractivity contribution is 5.85. The van der Waals surface area contributed by atoms with Crippen LogP contribution in [0.2, 0.25) is 0 Å². The standard InChI is InChI=1S/C13H14F3NO/c1-12(2,7-18)9-4-3-5-10-8(9)6-11(17-10)13(14,15)16/h3-6,17-18H,7H2,1-2H3. The van der Waals surface area contributed by atoms with E-state index in [0.29, 0.717) is 16.5 Å². The number of aliphatic hydroxyl groups is 1. The summed E-state index contributed by atoms with van der Waals surface area (Å²) in [5.41, 5.74) is -0.209. The van der Waals surface area contributed by atoms with Gasteiger partial charge in [-0.3, -0.25) is 0 Å². The molecule has 1 aromatic carbocycles. The number of fused-ring (bicyclic) bond motifs is 1. The summed E-state index contributed by atoms with van der Waals surface area (Å²) in [4.78, 5) is 2.37. The molecule has 0 unspecified atom stereocenters. The fraction of sp³-hybridized carbons (Fsp3) is 0.385. The molecule has 0 radical (unpaired) electrons. The zero-order chi connectivity index (χ0) is 13.6. The molecule has 0 aliphatic heterocycles. The zero-order valence-corrected chi connectivity index (χ0v) is 10.1. The highest BCUT2D eigenvalue weighted by Crippen LogP contribution is 2.35. The smallest absolute Gasteiger partial charge is 0.395 e. The lowest BCUT2D eigenvalue weighted by Gasteiger charge is -2.23. The minimum Gasteiger partial charge on any atom is -0.395 e. The molecule has 2 aromatic rings. The molecule has 0 saturated carbocycles. The van der Waals surface area contributed by atoms with Crippen LogP contribution in [0.15, 0.2) is 24.3 Å². The summed E-state index contributed by atoms with van der Waals surface area (Å²) in [5, 5.41) is 9.84. The summed E-state index contributed by atoms with van der Waals surface area (Å²) in [7, 11) is 0. The van der Waals surface area contributed by atoms with Crippen LogP contribution in [0, 0.1) is 0 Å². The summed E-state index contributed by atoms with van der Waals surface area (Å²) in [6.45, 7) is 3.46. The van der Waals surface area contributed by atoms with Crippen LogP contribution in [0.5, 0.6) is 0 Å². The lowest BCUT2D eigenvalue weighted by molar-refractivity contribution is -0.140. The van der Waals surface area contributed by atoms with Gasteiger partial charge in [-0.25, -0.2) is 0 Å². The second kappa shape index (κ2) is 4.02. The van der Waals surface area contributed by atoms with E-state index in [2.05, 4.69) is 4.98 Å². The molecule has 0 atom stereocenters. The molecular weight excluding hydrogens is 243 g/mol. The predicted molar refractivity (Wildman–Crippen MR) is 63.4 cm³/mol. The SMILES string of the molecule is CC(C)(CO)c1cccc2[nH]c(C(F)(F)F)cc12. The van der Waals surface area contributed by atoms with Crippen molar-refractivity contribution >= 4 is 10.9 Å². The van der Waals surface area contributed by atoms with Crippen molar-refractivity contribution in [1.82, 2.24) is 4.98 Å². The lowest BCUT2D eigenvalue weighted by atomic mass is 9.83. The fourth-order valence-electron chi connectivity index (χ4n) is 1.98. The van der Waals surface area contributed by atoms with E-state index in [1.807, 2.05) is 0 Å². The Morgan fingerprint density at radius 3 is 2.44 bits per heavy atom. The first-order valence-electron chi connectivity index (χ1n) is 5.56. The minimum atomic E-state index is -4.39. The maximum Gasteiger partial charge on any atom is 0.431 e. The van der Waals surface area contributed by atoms with Crippen LogP contribution in [0.25, 0.3) is 10.9 Å². The largest absolute Gasteiger partial charge is 0.431 e. The van der Waals surface area contributed by atoms with Crippen molar-refractivity contribution in [3.05, 3.63) is 35.5 Å². The van der Waals surface area contributed by atoms with E-state index >= 15 is 0 Å². The Kier molecular flexibility index (Phi) is 2.89. The summed E-state index contributed by atoms with van der Waals surface area (Å²) < 4.78 is 38.0. The third kappa shape index (κ3) is 2.10. The molecule has 0 bridgehead atoms. The van der Waals surface area contributed by atoms with Crippen molar-refractivity contribution < 1.29 is 18.3 Å². The van der Waals surface area contributed by atoms with E-state index in [4.69, 9.17) is 0 Å². The topological polar surface area (TPSA) is 36.0 Å². The van der Waals surface area contributed by atoms with E-state index in [9.17, 15) is 18.3 Å². The van der Waals surface area contributed by atoms with Crippen LogP contribution >= 0.6 is 0 Å². The molecule has 2 rings (SSSR count). The molecule has 2 N–H and O–H groups in total. The Labute approximate surface area is 102 Å². The van der Waals surface area contributed by atoms with E-state index in [0.717, 1.165) is 6.07 Å². The summed E-state index contributed by atoms with van der Waals surface area (Å²) >= 11 is 0. The highest BCUT2D eigenvalue weighted by atomic mass is 19.4. The van der Waals surface area contributed by atoms with Gasteiger partial charge in [0.25, 0.3) is 0 Å². The molecule has 98 valence electrons. The maximum atomic E-state index is 12.7. The number of alkyl halides is 3. The lowest BCUT2D eigenvalue weighted by Crippen LogP contribution is -2.22. The first-order chi connectivity index (χ1) is 8.25. The van der Waals surface area contributed by atoms with Gasteiger partial charge in [-0.1, -0.05) is 26.0 Å². The van der Waals surface area contributed by atoms with Gasteiger partial charge in [0.2, 0.25) is 0 Å². The van der Waals surface area contributed by atoms with Gasteiger partial charge in [-0.15, -0.1) is 0 Å². The van der Waals surface area contributed by atoms with Gasteiger partial charge in [0.1, 0.15) is 5.69 Å². The molecule has 0 saturated heterocycles. The molecule has 1 heterocycles. The van der Waals surface area contributed by atoms with Crippen LogP contribution < -0.4 is 0 Å². The second-order valence-electron chi connectivity index (χ2n) is 4.99. The third-order valence-electron chi connectivity index (χ3n) is 3.09. The monoisotopic (exact) mass is 257 g/mol. The maximum absolute atomic E-state index is 12.7. The highest BCUT2D eigenvalue weighted by Gasteiger charge is 2.33. The van der Waals surface area contributed by atoms with Crippen molar-refractivity contribution in [2.24, 2.45) is 0 Å². The molecule has 0 aliphatic rings. The minimum absolute atomic E-state index is 0.126. The van der Waals surface area contributed by atoms with Crippen LogP contribution in [-0.4, -0.2) is 16.7 Å². The van der Waals surface area contributed by atoms with Gasteiger partial charge in [-0.05, 0) is 17.7 Å². The zero-order valence-electron chi connectivity index (χ0n) is 10.1. The normalized spacial score (nSPS) is 13.2. The van der Waals surface area contributed by atoms with Crippen LogP contribution in [-0.2, 0) is 11.6 Å². The molecule has 0 amide bonds. The van der Waals surface area contributed by atoms with Gasteiger partial charge >= 0.3 is 6.18 Å². The predicted octanol–water partition coefficient (Wildman–Crippen LogP) is 3.46. The Morgan fingerprint density at radius 1 is 1.22 bits per heavy atom. The van der Waals surface area contributed by atoms with Gasteiger partial charge in [0, 0.05) is 16.3 Å². The number of halogens is 3. The number of benzene rings is 1. The van der Waals surface area contributed by atoms with Gasteiger partial charge in [-0.2, -0.15) is 13.2 Å². The molecule has 0 aliphatic carbocycles. The van der Waals surface area contributed by atoms with Crippen LogP contribution in [0.3, 0.4) is 0 Å². The molecule has 0 spiro atoms. The number of aromatic nitrogens is 1. The van der Waals surface area contributed by atoms with Gasteiger partial charge in [0.15, 0.2) is 0 Å². The van der Waals surface area contributed by atoms with Crippen molar-refractivity contribution in [3.8, 4) is 0 Å². The van der Waals surface area contributed by atoms with Crippen molar-refractivity contribution in [2.45, 2.75) is 25.4 Å². The van der Waals surface area contributed by atoms with E-state index < -0.39 is 17.3 Å². The molecule has 2 nitrogen and oxygen atoms in total. The number of aliphatic hydroxyl groups excluding tert-OH is 1. The number of nitrogens with one attached hydrogen (secondary N) is 1. The van der Waals surface area contributed by atoms with Crippen LogP contribution in [0.4, 0.5) is 13.2 Å². The Balaban J connectivity index is 2.67. The first-order valence-corrected chi connectivity index (χ1v) is 5.56. The van der Waals surface area contributed by atoms with Gasteiger partial charge < -0.3 is 10.1 Å². The number of aromatic amines is 1. The number of hydrogen-bond acceptors (Lipinski definition) is 1. The molecule has 1 aromatic heterocycles. The van der Waals surface area contributed by atoms with Crippen LogP contribution in [0.1, 0.15) is 25.1 Å². The molecular formula is C13H14F3NO. The second-order valence-corrected chi connectivity index (χ2v) is 4.99. The number of H-pyrrole nitrogens is 1. The van der Waals surface area contributed by atoms with Crippen molar-refractivity contribution in [3.63, 3.8) is 0 Å². The molecule has 18 heavy (non-hydrogen) atoms. The number of hydrogen-bond donors (Lipinski definition) is 2. The number of rotatable bonds is 2. The average Bonchev–Trinajstić information content (AvgIpc) is 2.71.